The van der Waals surface area contributed by atoms with Gasteiger partial charge in [-0.3, -0.25) is 4.79 Å². The molecule has 0 aliphatic heterocycles. The molecule has 0 radical (unpaired) electrons. The molecule has 0 bridgehead atoms. The zero-order valence-corrected chi connectivity index (χ0v) is 14.8. The highest BCUT2D eigenvalue weighted by Crippen LogP contribution is 2.24. The summed E-state index contributed by atoms with van der Waals surface area (Å²) in [6.45, 7) is 4.08. The molecule has 3 aromatic rings. The van der Waals surface area contributed by atoms with Crippen LogP contribution in [-0.4, -0.2) is 13.0 Å². The summed E-state index contributed by atoms with van der Waals surface area (Å²) in [7, 11) is 1.64. The normalized spacial score (nSPS) is 12.1. The van der Waals surface area contributed by atoms with Crippen molar-refractivity contribution >= 4 is 16.9 Å². The van der Waals surface area contributed by atoms with Crippen molar-refractivity contribution in [2.24, 2.45) is 0 Å². The Kier molecular flexibility index (Phi) is 5.08. The first-order valence-corrected chi connectivity index (χ1v) is 8.50. The Labute approximate surface area is 147 Å². The highest BCUT2D eigenvalue weighted by Gasteiger charge is 2.15. The summed E-state index contributed by atoms with van der Waals surface area (Å²) in [5, 5.41) is 4.11. The number of furan rings is 1. The summed E-state index contributed by atoms with van der Waals surface area (Å²) in [6.07, 6.45) is 2.81. The number of amides is 1. The van der Waals surface area contributed by atoms with Gasteiger partial charge in [0.25, 0.3) is 0 Å². The number of hydrogen-bond donors (Lipinski definition) is 1. The van der Waals surface area contributed by atoms with Gasteiger partial charge in [-0.15, -0.1) is 0 Å². The monoisotopic (exact) mass is 337 g/mol. The predicted octanol–water partition coefficient (Wildman–Crippen LogP) is 4.56. The van der Waals surface area contributed by atoms with Crippen LogP contribution >= 0.6 is 0 Å². The minimum Gasteiger partial charge on any atom is -0.497 e. The van der Waals surface area contributed by atoms with Gasteiger partial charge in [-0.1, -0.05) is 31.2 Å². The molecule has 4 heteroatoms. The zero-order valence-electron chi connectivity index (χ0n) is 14.8. The van der Waals surface area contributed by atoms with Gasteiger partial charge < -0.3 is 14.5 Å². The number of methoxy groups -OCH3 is 1. The van der Waals surface area contributed by atoms with Gasteiger partial charge in [0.1, 0.15) is 11.3 Å². The third-order valence-electron chi connectivity index (χ3n) is 4.42. The van der Waals surface area contributed by atoms with Crippen LogP contribution in [0.5, 0.6) is 5.75 Å². The molecule has 0 spiro atoms. The minimum absolute atomic E-state index is 0.00839. The second-order valence-electron chi connectivity index (χ2n) is 6.24. The fourth-order valence-electron chi connectivity index (χ4n) is 3.00. The maximum atomic E-state index is 12.5. The largest absolute Gasteiger partial charge is 0.497 e. The lowest BCUT2D eigenvalue weighted by molar-refractivity contribution is -0.121. The lowest BCUT2D eigenvalue weighted by Crippen LogP contribution is -2.29. The van der Waals surface area contributed by atoms with Crippen molar-refractivity contribution < 1.29 is 13.9 Å². The third kappa shape index (κ3) is 3.85. The van der Waals surface area contributed by atoms with E-state index in [1.807, 2.05) is 49.4 Å². The Morgan fingerprint density at radius 3 is 2.64 bits per heavy atom. The number of rotatable bonds is 6. The molecule has 2 aromatic carbocycles. The average molecular weight is 337 g/mol. The summed E-state index contributed by atoms with van der Waals surface area (Å²) in [5.74, 6) is 0.802. The summed E-state index contributed by atoms with van der Waals surface area (Å²) < 4.78 is 10.8. The van der Waals surface area contributed by atoms with Crippen LogP contribution in [0.15, 0.2) is 53.1 Å². The minimum atomic E-state index is -0.0150. The van der Waals surface area contributed by atoms with E-state index in [4.69, 9.17) is 9.15 Å². The van der Waals surface area contributed by atoms with Crippen molar-refractivity contribution in [2.45, 2.75) is 32.7 Å². The summed E-state index contributed by atoms with van der Waals surface area (Å²) in [5.41, 5.74) is 3.95. The molecule has 0 aliphatic rings. The topological polar surface area (TPSA) is 51.5 Å². The molecule has 0 fully saturated rings. The quantitative estimate of drug-likeness (QED) is 0.717. The smallest absolute Gasteiger partial charge is 0.225 e. The molecule has 1 aromatic heterocycles. The first-order valence-electron chi connectivity index (χ1n) is 8.50. The Morgan fingerprint density at radius 1 is 1.20 bits per heavy atom. The number of benzene rings is 2. The number of nitrogens with one attached hydrogen (secondary N) is 1. The van der Waals surface area contributed by atoms with Crippen molar-refractivity contribution in [3.63, 3.8) is 0 Å². The summed E-state index contributed by atoms with van der Waals surface area (Å²) in [4.78, 5) is 12.5. The molecule has 4 nitrogen and oxygen atoms in total. The molecular weight excluding hydrogens is 314 g/mol. The van der Waals surface area contributed by atoms with Gasteiger partial charge in [0.2, 0.25) is 5.91 Å². The highest BCUT2D eigenvalue weighted by atomic mass is 16.5. The molecule has 0 saturated carbocycles. The van der Waals surface area contributed by atoms with E-state index < -0.39 is 0 Å². The van der Waals surface area contributed by atoms with Crippen molar-refractivity contribution in [1.82, 2.24) is 5.32 Å². The SMILES string of the molecule is CC[C@H](NC(=O)Cc1coc2cc(C)ccc12)c1ccc(OC)cc1. The molecule has 130 valence electrons. The van der Waals surface area contributed by atoms with Crippen molar-refractivity contribution in [3.05, 3.63) is 65.4 Å². The Bertz CT molecular complexity index is 864. The number of carbonyl (C=O) groups excluding carboxylic acids is 1. The lowest BCUT2D eigenvalue weighted by atomic mass is 10.0. The van der Waals surface area contributed by atoms with E-state index in [0.717, 1.165) is 39.8 Å². The van der Waals surface area contributed by atoms with E-state index in [2.05, 4.69) is 12.2 Å². The van der Waals surface area contributed by atoms with Gasteiger partial charge in [0, 0.05) is 10.9 Å². The van der Waals surface area contributed by atoms with Gasteiger partial charge in [-0.25, -0.2) is 0 Å². The Morgan fingerprint density at radius 2 is 1.96 bits per heavy atom. The van der Waals surface area contributed by atoms with E-state index >= 15 is 0 Å². The number of hydrogen-bond acceptors (Lipinski definition) is 3. The molecule has 0 saturated heterocycles. The van der Waals surface area contributed by atoms with Gasteiger partial charge in [-0.2, -0.15) is 0 Å². The number of carbonyl (C=O) groups is 1. The van der Waals surface area contributed by atoms with Gasteiger partial charge >= 0.3 is 0 Å². The van der Waals surface area contributed by atoms with Crippen LogP contribution in [0, 0.1) is 6.92 Å². The van der Waals surface area contributed by atoms with Crippen LogP contribution in [0.1, 0.15) is 36.1 Å². The molecule has 1 N–H and O–H groups in total. The van der Waals surface area contributed by atoms with Crippen LogP contribution in [0.2, 0.25) is 0 Å². The van der Waals surface area contributed by atoms with Gasteiger partial charge in [0.15, 0.2) is 0 Å². The number of ether oxygens (including phenoxy) is 1. The lowest BCUT2D eigenvalue weighted by Gasteiger charge is -2.17. The summed E-state index contributed by atoms with van der Waals surface area (Å²) >= 11 is 0. The second kappa shape index (κ2) is 7.43. The first-order chi connectivity index (χ1) is 12.1. The second-order valence-corrected chi connectivity index (χ2v) is 6.24. The molecule has 1 atom stereocenters. The number of aryl methyl sites for hydroxylation is 1. The molecule has 25 heavy (non-hydrogen) atoms. The first kappa shape index (κ1) is 17.1. The van der Waals surface area contributed by atoms with Crippen LogP contribution in [0.3, 0.4) is 0 Å². The van der Waals surface area contributed by atoms with E-state index in [1.54, 1.807) is 13.4 Å². The molecular formula is C21H23NO3. The Balaban J connectivity index is 1.71. The van der Waals surface area contributed by atoms with E-state index in [1.165, 1.54) is 0 Å². The van der Waals surface area contributed by atoms with E-state index in [-0.39, 0.29) is 11.9 Å². The molecule has 1 amide bonds. The standard InChI is InChI=1S/C21H23NO3/c1-4-19(15-6-8-17(24-3)9-7-15)22-21(23)12-16-13-25-20-11-14(2)5-10-18(16)20/h5-11,13,19H,4,12H2,1-3H3,(H,22,23)/t19-/m0/s1. The molecule has 0 unspecified atom stereocenters. The van der Waals surface area contributed by atoms with Crippen LogP contribution < -0.4 is 10.1 Å². The van der Waals surface area contributed by atoms with Crippen molar-refractivity contribution in [1.29, 1.82) is 0 Å². The van der Waals surface area contributed by atoms with Crippen molar-refractivity contribution in [3.8, 4) is 5.75 Å². The number of fused-ring (bicyclic) bond motifs is 1. The molecule has 1 heterocycles. The van der Waals surface area contributed by atoms with Crippen LogP contribution in [0.25, 0.3) is 11.0 Å². The third-order valence-corrected chi connectivity index (χ3v) is 4.42. The average Bonchev–Trinajstić information content (AvgIpc) is 3.01. The van der Waals surface area contributed by atoms with Crippen LogP contribution in [0.4, 0.5) is 0 Å². The summed E-state index contributed by atoms with van der Waals surface area (Å²) in [6, 6.07) is 13.8. The van der Waals surface area contributed by atoms with Gasteiger partial charge in [0.05, 0.1) is 25.8 Å². The van der Waals surface area contributed by atoms with Crippen molar-refractivity contribution in [2.75, 3.05) is 7.11 Å². The van der Waals surface area contributed by atoms with E-state index in [0.29, 0.717) is 6.42 Å². The highest BCUT2D eigenvalue weighted by molar-refractivity contribution is 5.88. The van der Waals surface area contributed by atoms with Crippen LogP contribution in [-0.2, 0) is 11.2 Å². The maximum absolute atomic E-state index is 12.5. The molecule has 3 rings (SSSR count). The van der Waals surface area contributed by atoms with Gasteiger partial charge in [-0.05, 0) is 42.7 Å². The Hall–Kier alpha value is -2.75. The van der Waals surface area contributed by atoms with E-state index in [9.17, 15) is 4.79 Å². The fourth-order valence-corrected chi connectivity index (χ4v) is 3.00. The predicted molar refractivity (Wildman–Crippen MR) is 98.8 cm³/mol. The molecule has 0 aliphatic carbocycles. The maximum Gasteiger partial charge on any atom is 0.225 e. The fraction of sp³-hybridized carbons (Fsp3) is 0.286. The zero-order chi connectivity index (χ0) is 17.8.